The molecule has 0 saturated carbocycles. The molecular weight excluding hydrogens is 156 g/mol. The van der Waals surface area contributed by atoms with Crippen molar-refractivity contribution in [1.82, 2.24) is 19.7 Å². The van der Waals surface area contributed by atoms with Crippen molar-refractivity contribution in [3.8, 4) is 0 Å². The van der Waals surface area contributed by atoms with E-state index in [9.17, 15) is 4.79 Å². The Labute approximate surface area is 70.0 Å². The Morgan fingerprint density at radius 3 is 3.00 bits per heavy atom. The van der Waals surface area contributed by atoms with E-state index in [-0.39, 0.29) is 0 Å². The van der Waals surface area contributed by atoms with E-state index in [4.69, 9.17) is 0 Å². The summed E-state index contributed by atoms with van der Waals surface area (Å²) < 4.78 is 2.04. The third kappa shape index (κ3) is 0.975. The standard InChI is InChI=1S/C7H10N4O/c1-6-8-9-7-4-10(5-12)2-3-11(6)7/h5H,2-4H2,1H3. The summed E-state index contributed by atoms with van der Waals surface area (Å²) in [5.41, 5.74) is 0. The quantitative estimate of drug-likeness (QED) is 0.531. The lowest BCUT2D eigenvalue weighted by Crippen LogP contribution is -2.32. The van der Waals surface area contributed by atoms with Gasteiger partial charge in [0.15, 0.2) is 5.82 Å². The molecule has 2 heterocycles. The van der Waals surface area contributed by atoms with Gasteiger partial charge >= 0.3 is 0 Å². The zero-order valence-electron chi connectivity index (χ0n) is 6.90. The molecule has 0 unspecified atom stereocenters. The Hall–Kier alpha value is -1.39. The van der Waals surface area contributed by atoms with Crippen LogP contribution in [0.1, 0.15) is 11.6 Å². The van der Waals surface area contributed by atoms with Crippen molar-refractivity contribution in [2.45, 2.75) is 20.0 Å². The molecule has 5 nitrogen and oxygen atoms in total. The van der Waals surface area contributed by atoms with E-state index in [0.29, 0.717) is 6.54 Å². The SMILES string of the molecule is Cc1nnc2n1CCN(C=O)C2. The summed E-state index contributed by atoms with van der Waals surface area (Å²) in [4.78, 5) is 12.1. The van der Waals surface area contributed by atoms with Crippen molar-refractivity contribution in [2.75, 3.05) is 6.54 Å². The van der Waals surface area contributed by atoms with Gasteiger partial charge in [-0.3, -0.25) is 4.79 Å². The van der Waals surface area contributed by atoms with Crippen molar-refractivity contribution in [2.24, 2.45) is 0 Å². The predicted octanol–water partition coefficient (Wildman–Crippen LogP) is -0.441. The van der Waals surface area contributed by atoms with E-state index in [1.54, 1.807) is 4.90 Å². The summed E-state index contributed by atoms with van der Waals surface area (Å²) in [5.74, 6) is 1.81. The van der Waals surface area contributed by atoms with Gasteiger partial charge in [0.1, 0.15) is 5.82 Å². The monoisotopic (exact) mass is 166 g/mol. The van der Waals surface area contributed by atoms with Gasteiger partial charge in [-0.15, -0.1) is 10.2 Å². The number of aryl methyl sites for hydroxylation is 1. The van der Waals surface area contributed by atoms with Crippen molar-refractivity contribution in [3.63, 3.8) is 0 Å². The van der Waals surface area contributed by atoms with Gasteiger partial charge in [0.2, 0.25) is 6.41 Å². The van der Waals surface area contributed by atoms with Crippen LogP contribution < -0.4 is 0 Å². The van der Waals surface area contributed by atoms with Crippen molar-refractivity contribution in [3.05, 3.63) is 11.6 Å². The maximum absolute atomic E-state index is 10.4. The highest BCUT2D eigenvalue weighted by molar-refractivity contribution is 5.47. The first kappa shape index (κ1) is 7.27. The number of carbonyl (C=O) groups is 1. The second-order valence-corrected chi connectivity index (χ2v) is 2.89. The molecule has 0 N–H and O–H groups in total. The van der Waals surface area contributed by atoms with Gasteiger partial charge in [-0.05, 0) is 6.92 Å². The molecule has 1 aliphatic heterocycles. The molecule has 0 aliphatic carbocycles. The fraction of sp³-hybridized carbons (Fsp3) is 0.571. The molecule has 1 aliphatic rings. The average Bonchev–Trinajstić information content (AvgIpc) is 2.47. The van der Waals surface area contributed by atoms with Crippen LogP contribution >= 0.6 is 0 Å². The van der Waals surface area contributed by atoms with E-state index in [0.717, 1.165) is 31.1 Å². The smallest absolute Gasteiger partial charge is 0.210 e. The molecule has 12 heavy (non-hydrogen) atoms. The van der Waals surface area contributed by atoms with Gasteiger partial charge in [0, 0.05) is 13.1 Å². The van der Waals surface area contributed by atoms with Gasteiger partial charge in [0.25, 0.3) is 0 Å². The average molecular weight is 166 g/mol. The maximum atomic E-state index is 10.4. The maximum Gasteiger partial charge on any atom is 0.210 e. The van der Waals surface area contributed by atoms with Gasteiger partial charge < -0.3 is 9.47 Å². The molecule has 1 aromatic rings. The molecule has 2 rings (SSSR count). The molecule has 0 aromatic carbocycles. The van der Waals surface area contributed by atoms with Crippen LogP contribution in [0, 0.1) is 6.92 Å². The minimum absolute atomic E-state index is 0.588. The second kappa shape index (κ2) is 2.58. The third-order valence-corrected chi connectivity index (χ3v) is 2.12. The van der Waals surface area contributed by atoms with Crippen molar-refractivity contribution < 1.29 is 4.79 Å². The summed E-state index contributed by atoms with van der Waals surface area (Å²) in [6.45, 7) is 4.08. The highest BCUT2D eigenvalue weighted by Crippen LogP contribution is 2.09. The number of hydrogen-bond donors (Lipinski definition) is 0. The Balaban J connectivity index is 2.30. The molecule has 0 spiro atoms. The number of carbonyl (C=O) groups excluding carboxylic acids is 1. The highest BCUT2D eigenvalue weighted by Gasteiger charge is 2.17. The molecule has 0 radical (unpaired) electrons. The Kier molecular flexibility index (Phi) is 1.56. The first-order chi connectivity index (χ1) is 5.81. The topological polar surface area (TPSA) is 51.0 Å². The van der Waals surface area contributed by atoms with Gasteiger partial charge in [-0.25, -0.2) is 0 Å². The van der Waals surface area contributed by atoms with Crippen LogP contribution in [-0.4, -0.2) is 32.6 Å². The van der Waals surface area contributed by atoms with E-state index >= 15 is 0 Å². The molecule has 64 valence electrons. The molecule has 1 aromatic heterocycles. The van der Waals surface area contributed by atoms with E-state index in [2.05, 4.69) is 10.2 Å². The first-order valence-electron chi connectivity index (χ1n) is 3.89. The molecule has 1 amide bonds. The summed E-state index contributed by atoms with van der Waals surface area (Å²) in [5, 5.41) is 7.90. The van der Waals surface area contributed by atoms with Crippen LogP contribution in [-0.2, 0) is 17.9 Å². The molecule has 0 fully saturated rings. The largest absolute Gasteiger partial charge is 0.336 e. The summed E-state index contributed by atoms with van der Waals surface area (Å²) >= 11 is 0. The Morgan fingerprint density at radius 2 is 2.25 bits per heavy atom. The molecule has 5 heteroatoms. The first-order valence-corrected chi connectivity index (χ1v) is 3.89. The summed E-state index contributed by atoms with van der Waals surface area (Å²) in [7, 11) is 0. The zero-order chi connectivity index (χ0) is 8.55. The van der Waals surface area contributed by atoms with Crippen LogP contribution in [0.3, 0.4) is 0 Å². The minimum atomic E-state index is 0.588. The van der Waals surface area contributed by atoms with Crippen LogP contribution in [0.4, 0.5) is 0 Å². The number of amides is 1. The lowest BCUT2D eigenvalue weighted by Gasteiger charge is -2.23. The highest BCUT2D eigenvalue weighted by atomic mass is 16.1. The molecule has 0 bridgehead atoms. The van der Waals surface area contributed by atoms with E-state index in [1.165, 1.54) is 0 Å². The van der Waals surface area contributed by atoms with Gasteiger partial charge in [0.05, 0.1) is 6.54 Å². The van der Waals surface area contributed by atoms with Gasteiger partial charge in [-0.2, -0.15) is 0 Å². The van der Waals surface area contributed by atoms with Gasteiger partial charge in [-0.1, -0.05) is 0 Å². The van der Waals surface area contributed by atoms with E-state index in [1.807, 2.05) is 11.5 Å². The molecular formula is C7H10N4O. The normalized spacial score (nSPS) is 15.9. The number of nitrogens with zero attached hydrogens (tertiary/aromatic N) is 4. The van der Waals surface area contributed by atoms with Crippen LogP contribution in [0.25, 0.3) is 0 Å². The number of hydrogen-bond acceptors (Lipinski definition) is 3. The molecule has 0 atom stereocenters. The zero-order valence-corrected chi connectivity index (χ0v) is 6.90. The third-order valence-electron chi connectivity index (χ3n) is 2.12. The lowest BCUT2D eigenvalue weighted by molar-refractivity contribution is -0.119. The summed E-state index contributed by atoms with van der Waals surface area (Å²) in [6, 6.07) is 0. The van der Waals surface area contributed by atoms with E-state index < -0.39 is 0 Å². The van der Waals surface area contributed by atoms with Crippen LogP contribution in [0.2, 0.25) is 0 Å². The number of fused-ring (bicyclic) bond motifs is 1. The Bertz CT molecular complexity index is 306. The number of rotatable bonds is 1. The Morgan fingerprint density at radius 1 is 1.42 bits per heavy atom. The van der Waals surface area contributed by atoms with Crippen LogP contribution in [0.15, 0.2) is 0 Å². The summed E-state index contributed by atoms with van der Waals surface area (Å²) in [6.07, 6.45) is 0.855. The van der Waals surface area contributed by atoms with Crippen LogP contribution in [0.5, 0.6) is 0 Å². The lowest BCUT2D eigenvalue weighted by atomic mass is 10.4. The fourth-order valence-corrected chi connectivity index (χ4v) is 1.41. The minimum Gasteiger partial charge on any atom is -0.336 e. The molecule has 0 saturated heterocycles. The second-order valence-electron chi connectivity index (χ2n) is 2.89. The van der Waals surface area contributed by atoms with Crippen molar-refractivity contribution in [1.29, 1.82) is 0 Å². The predicted molar refractivity (Wildman–Crippen MR) is 41.2 cm³/mol. The van der Waals surface area contributed by atoms with Crippen molar-refractivity contribution >= 4 is 6.41 Å². The number of aromatic nitrogens is 3. The fourth-order valence-electron chi connectivity index (χ4n) is 1.41.